The number of hydrogen-bond acceptors (Lipinski definition) is 3. The van der Waals surface area contributed by atoms with E-state index in [0.717, 1.165) is 43.1 Å². The number of nitrogens with two attached hydrogens (primary N) is 1. The summed E-state index contributed by atoms with van der Waals surface area (Å²) in [6, 6.07) is 0. The monoisotopic (exact) mass is 278 g/mol. The molecule has 0 aliphatic carbocycles. The van der Waals surface area contributed by atoms with Gasteiger partial charge in [-0.05, 0) is 24.7 Å². The van der Waals surface area contributed by atoms with Gasteiger partial charge in [0, 0.05) is 20.1 Å². The van der Waals surface area contributed by atoms with Crippen LogP contribution >= 0.6 is 0 Å². The second-order valence-corrected chi connectivity index (χ2v) is 6.25. The van der Waals surface area contributed by atoms with Gasteiger partial charge >= 0.3 is 0 Å². The molecule has 2 rings (SSSR count). The highest BCUT2D eigenvalue weighted by Gasteiger charge is 2.33. The third-order valence-electron chi connectivity index (χ3n) is 5.24. The molecule has 0 aromatic carbocycles. The van der Waals surface area contributed by atoms with E-state index in [2.05, 4.69) is 30.8 Å². The third-order valence-corrected chi connectivity index (χ3v) is 5.24. The minimum absolute atomic E-state index is 0.552. The Balaban J connectivity index is 2.15. The Morgan fingerprint density at radius 3 is 2.25 bits per heavy atom. The van der Waals surface area contributed by atoms with Crippen LogP contribution in [-0.4, -0.2) is 22.9 Å². The van der Waals surface area contributed by atoms with Gasteiger partial charge in [0.2, 0.25) is 0 Å². The van der Waals surface area contributed by atoms with E-state index < -0.39 is 0 Å². The van der Waals surface area contributed by atoms with Gasteiger partial charge in [-0.25, -0.2) is 0 Å². The van der Waals surface area contributed by atoms with Gasteiger partial charge in [0.15, 0.2) is 0 Å². The molecule has 1 aromatic rings. The number of anilines is 2. The van der Waals surface area contributed by atoms with Gasteiger partial charge in [-0.15, -0.1) is 0 Å². The molecule has 0 radical (unpaired) electrons. The van der Waals surface area contributed by atoms with Crippen LogP contribution in [-0.2, 0) is 13.5 Å². The second kappa shape index (κ2) is 6.06. The molecule has 4 heteroatoms. The SMILES string of the molecule is CCCc1nn(C)c(N2CCC(CC)(CC)CC2)c1N. The van der Waals surface area contributed by atoms with Crippen molar-refractivity contribution in [2.75, 3.05) is 23.7 Å². The topological polar surface area (TPSA) is 47.1 Å². The van der Waals surface area contributed by atoms with Crippen LogP contribution in [0, 0.1) is 5.41 Å². The van der Waals surface area contributed by atoms with Crippen molar-refractivity contribution in [2.45, 2.75) is 59.3 Å². The maximum atomic E-state index is 6.33. The number of aromatic nitrogens is 2. The minimum Gasteiger partial charge on any atom is -0.394 e. The maximum absolute atomic E-state index is 6.33. The summed E-state index contributed by atoms with van der Waals surface area (Å²) in [4.78, 5) is 2.44. The smallest absolute Gasteiger partial charge is 0.150 e. The number of aryl methyl sites for hydroxylation is 2. The van der Waals surface area contributed by atoms with Gasteiger partial charge in [-0.2, -0.15) is 5.10 Å². The molecule has 0 amide bonds. The Kier molecular flexibility index (Phi) is 4.61. The van der Waals surface area contributed by atoms with Crippen LogP contribution in [0.1, 0.15) is 58.6 Å². The highest BCUT2D eigenvalue weighted by atomic mass is 15.4. The summed E-state index contributed by atoms with van der Waals surface area (Å²) < 4.78 is 1.98. The van der Waals surface area contributed by atoms with E-state index in [1.807, 2.05) is 11.7 Å². The first-order valence-corrected chi connectivity index (χ1v) is 8.13. The van der Waals surface area contributed by atoms with Gasteiger partial charge in [0.05, 0.1) is 11.4 Å². The lowest BCUT2D eigenvalue weighted by Crippen LogP contribution is -2.40. The molecule has 1 aliphatic heterocycles. The van der Waals surface area contributed by atoms with Gasteiger partial charge in [-0.3, -0.25) is 4.68 Å². The second-order valence-electron chi connectivity index (χ2n) is 6.25. The molecule has 1 aliphatic rings. The van der Waals surface area contributed by atoms with Crippen LogP contribution in [0.15, 0.2) is 0 Å². The van der Waals surface area contributed by atoms with E-state index in [0.29, 0.717) is 5.41 Å². The molecular formula is C16H30N4. The van der Waals surface area contributed by atoms with Crippen LogP contribution in [0.4, 0.5) is 11.5 Å². The minimum atomic E-state index is 0.552. The normalized spacial score (nSPS) is 18.5. The van der Waals surface area contributed by atoms with Crippen molar-refractivity contribution in [3.8, 4) is 0 Å². The average molecular weight is 278 g/mol. The van der Waals surface area contributed by atoms with E-state index in [4.69, 9.17) is 5.73 Å². The standard InChI is InChI=1S/C16H30N4/c1-5-8-13-14(17)15(19(4)18-13)20-11-9-16(6-2,7-3)10-12-20/h5-12,17H2,1-4H3. The number of rotatable bonds is 5. The fourth-order valence-corrected chi connectivity index (χ4v) is 3.53. The molecule has 1 saturated heterocycles. The number of hydrogen-bond donors (Lipinski definition) is 1. The number of nitrogens with zero attached hydrogens (tertiary/aromatic N) is 3. The first-order chi connectivity index (χ1) is 9.56. The van der Waals surface area contributed by atoms with Crippen molar-refractivity contribution in [3.05, 3.63) is 5.69 Å². The largest absolute Gasteiger partial charge is 0.394 e. The highest BCUT2D eigenvalue weighted by molar-refractivity contribution is 5.66. The van der Waals surface area contributed by atoms with Crippen LogP contribution in [0.3, 0.4) is 0 Å². The molecule has 0 spiro atoms. The van der Waals surface area contributed by atoms with Crippen molar-refractivity contribution in [1.29, 1.82) is 0 Å². The summed E-state index contributed by atoms with van der Waals surface area (Å²) >= 11 is 0. The van der Waals surface area contributed by atoms with Crippen molar-refractivity contribution in [1.82, 2.24) is 9.78 Å². The van der Waals surface area contributed by atoms with E-state index in [1.165, 1.54) is 25.7 Å². The molecule has 0 atom stereocenters. The zero-order valence-electron chi connectivity index (χ0n) is 13.6. The number of piperidine rings is 1. The predicted molar refractivity (Wildman–Crippen MR) is 86.1 cm³/mol. The zero-order chi connectivity index (χ0) is 14.8. The predicted octanol–water partition coefficient (Wildman–Crippen LogP) is 3.36. The lowest BCUT2D eigenvalue weighted by Gasteiger charge is -2.41. The van der Waals surface area contributed by atoms with E-state index >= 15 is 0 Å². The first-order valence-electron chi connectivity index (χ1n) is 8.13. The molecular weight excluding hydrogens is 248 g/mol. The lowest BCUT2D eigenvalue weighted by molar-refractivity contribution is 0.199. The Labute approximate surface area is 123 Å². The lowest BCUT2D eigenvalue weighted by atomic mass is 9.74. The molecule has 1 fully saturated rings. The molecule has 0 bridgehead atoms. The molecule has 0 unspecified atom stereocenters. The Bertz CT molecular complexity index is 436. The van der Waals surface area contributed by atoms with Crippen molar-refractivity contribution in [2.24, 2.45) is 12.5 Å². The summed E-state index contributed by atoms with van der Waals surface area (Å²) in [6.45, 7) is 9.05. The summed E-state index contributed by atoms with van der Waals surface area (Å²) in [5.41, 5.74) is 8.84. The van der Waals surface area contributed by atoms with Crippen molar-refractivity contribution < 1.29 is 0 Å². The Morgan fingerprint density at radius 2 is 1.75 bits per heavy atom. The van der Waals surface area contributed by atoms with E-state index in [9.17, 15) is 0 Å². The molecule has 4 nitrogen and oxygen atoms in total. The fraction of sp³-hybridized carbons (Fsp3) is 0.812. The number of nitrogen functional groups attached to an aromatic ring is 1. The van der Waals surface area contributed by atoms with Crippen LogP contribution in [0.5, 0.6) is 0 Å². The van der Waals surface area contributed by atoms with Crippen molar-refractivity contribution in [3.63, 3.8) is 0 Å². The van der Waals surface area contributed by atoms with Crippen LogP contribution in [0.25, 0.3) is 0 Å². The third kappa shape index (κ3) is 2.65. The molecule has 0 saturated carbocycles. The van der Waals surface area contributed by atoms with Crippen molar-refractivity contribution >= 4 is 11.5 Å². The summed E-state index contributed by atoms with van der Waals surface area (Å²) in [6.07, 6.45) is 7.19. The summed E-state index contributed by atoms with van der Waals surface area (Å²) in [5.74, 6) is 1.13. The molecule has 114 valence electrons. The summed E-state index contributed by atoms with van der Waals surface area (Å²) in [7, 11) is 2.02. The molecule has 2 N–H and O–H groups in total. The van der Waals surface area contributed by atoms with Gasteiger partial charge in [0.25, 0.3) is 0 Å². The van der Waals surface area contributed by atoms with Crippen LogP contribution in [0.2, 0.25) is 0 Å². The maximum Gasteiger partial charge on any atom is 0.150 e. The quantitative estimate of drug-likeness (QED) is 0.898. The Hall–Kier alpha value is -1.19. The van der Waals surface area contributed by atoms with Crippen LogP contribution < -0.4 is 10.6 Å². The first kappa shape index (κ1) is 15.2. The molecule has 2 heterocycles. The Morgan fingerprint density at radius 1 is 1.15 bits per heavy atom. The molecule has 20 heavy (non-hydrogen) atoms. The zero-order valence-corrected chi connectivity index (χ0v) is 13.6. The van der Waals surface area contributed by atoms with E-state index in [1.54, 1.807) is 0 Å². The van der Waals surface area contributed by atoms with Gasteiger partial charge in [0.1, 0.15) is 5.82 Å². The summed E-state index contributed by atoms with van der Waals surface area (Å²) in [5, 5.41) is 4.60. The van der Waals surface area contributed by atoms with Gasteiger partial charge in [-0.1, -0.05) is 40.0 Å². The highest BCUT2D eigenvalue weighted by Crippen LogP contribution is 2.40. The van der Waals surface area contributed by atoms with Gasteiger partial charge < -0.3 is 10.6 Å². The van der Waals surface area contributed by atoms with E-state index in [-0.39, 0.29) is 0 Å². The average Bonchev–Trinajstić information content (AvgIpc) is 2.74. The fourth-order valence-electron chi connectivity index (χ4n) is 3.53. The molecule has 1 aromatic heterocycles.